The molecule has 3 aromatic heterocycles. The Hall–Kier alpha value is -3.96. The van der Waals surface area contributed by atoms with Crippen molar-refractivity contribution in [2.45, 2.75) is 18.8 Å². The van der Waals surface area contributed by atoms with Crippen molar-refractivity contribution in [1.82, 2.24) is 19.7 Å². The Morgan fingerprint density at radius 1 is 1.06 bits per heavy atom. The number of fused-ring (bicyclic) bond motifs is 1. The highest BCUT2D eigenvalue weighted by atomic mass is 19.3. The lowest BCUT2D eigenvalue weighted by Crippen LogP contribution is -2.40. The minimum absolute atomic E-state index is 0.00721. The molecule has 1 fully saturated rings. The lowest BCUT2D eigenvalue weighted by Gasteiger charge is -2.32. The second kappa shape index (κ2) is 8.12. The number of rotatable bonds is 4. The molecule has 4 aromatic rings. The molecule has 4 heterocycles. The number of halogens is 5. The predicted octanol–water partition coefficient (Wildman–Crippen LogP) is 4.65. The fourth-order valence-electron chi connectivity index (χ4n) is 3.82. The number of hydrogen-bond acceptors (Lipinski definition) is 4. The number of benzene rings is 1. The number of carbonyl (C=O) groups excluding carboxylic acids is 1. The molecule has 0 aliphatic carbocycles. The average molecular weight is 476 g/mol. The first-order chi connectivity index (χ1) is 16.2. The average Bonchev–Trinajstić information content (AvgIpc) is 3.43. The van der Waals surface area contributed by atoms with E-state index in [4.69, 9.17) is 0 Å². The van der Waals surface area contributed by atoms with Gasteiger partial charge in [-0.3, -0.25) is 4.79 Å². The highest BCUT2D eigenvalue weighted by molar-refractivity contribution is 6.08. The van der Waals surface area contributed by atoms with Crippen LogP contribution in [0.5, 0.6) is 0 Å². The van der Waals surface area contributed by atoms with Gasteiger partial charge in [0.2, 0.25) is 0 Å². The van der Waals surface area contributed by atoms with E-state index >= 15 is 0 Å². The second-order valence-corrected chi connectivity index (χ2v) is 7.96. The zero-order valence-corrected chi connectivity index (χ0v) is 17.5. The van der Waals surface area contributed by atoms with Gasteiger partial charge in [-0.15, -0.1) is 0 Å². The van der Waals surface area contributed by atoms with E-state index in [1.165, 1.54) is 34.2 Å². The van der Waals surface area contributed by atoms with Crippen LogP contribution in [-0.4, -0.2) is 44.7 Å². The van der Waals surface area contributed by atoms with E-state index in [1.54, 1.807) is 0 Å². The number of H-pyrrole nitrogens is 1. The first-order valence-electron chi connectivity index (χ1n) is 10.3. The fourth-order valence-corrected chi connectivity index (χ4v) is 3.82. The maximum atomic E-state index is 14.7. The van der Waals surface area contributed by atoms with E-state index in [0.29, 0.717) is 5.52 Å². The molecule has 0 radical (unpaired) electrons. The molecule has 7 nitrogen and oxygen atoms in total. The highest BCUT2D eigenvalue weighted by Gasteiger charge is 2.35. The normalized spacial score (nSPS) is 15.6. The van der Waals surface area contributed by atoms with E-state index in [-0.39, 0.29) is 54.2 Å². The standard InChI is InChI=1S/C22H17F5N6O/c23-14-8-13-18(9-15(14)24)28-11-19(13)30-21(34)17-1-4-33(31-17)12-7-16(25)20(29-10-12)32-5-2-22(26,27)3-6-32/h1,4,7-11,28H,2-3,5-6H2,(H,30,34). The van der Waals surface area contributed by atoms with Gasteiger partial charge in [0.15, 0.2) is 29.0 Å². The van der Waals surface area contributed by atoms with E-state index < -0.39 is 29.3 Å². The minimum Gasteiger partial charge on any atom is -0.359 e. The topological polar surface area (TPSA) is 78.8 Å². The van der Waals surface area contributed by atoms with Crippen LogP contribution in [-0.2, 0) is 0 Å². The van der Waals surface area contributed by atoms with Gasteiger partial charge in [0.1, 0.15) is 0 Å². The van der Waals surface area contributed by atoms with Crippen molar-refractivity contribution < 1.29 is 26.7 Å². The molecule has 0 spiro atoms. The number of aromatic nitrogens is 4. The van der Waals surface area contributed by atoms with Crippen LogP contribution >= 0.6 is 0 Å². The lowest BCUT2D eigenvalue weighted by molar-refractivity contribution is -0.0222. The van der Waals surface area contributed by atoms with Crippen LogP contribution < -0.4 is 10.2 Å². The minimum atomic E-state index is -2.75. The Morgan fingerprint density at radius 2 is 1.79 bits per heavy atom. The first kappa shape index (κ1) is 21.9. The maximum absolute atomic E-state index is 14.7. The van der Waals surface area contributed by atoms with Gasteiger partial charge in [0.25, 0.3) is 11.8 Å². The number of pyridine rings is 1. The van der Waals surface area contributed by atoms with Crippen molar-refractivity contribution in [3.8, 4) is 5.69 Å². The molecule has 176 valence electrons. The summed E-state index contributed by atoms with van der Waals surface area (Å²) in [4.78, 5) is 20.9. The number of piperidine rings is 1. The quantitative estimate of drug-likeness (QED) is 0.420. The summed E-state index contributed by atoms with van der Waals surface area (Å²) < 4.78 is 69.6. The summed E-state index contributed by atoms with van der Waals surface area (Å²) in [5.74, 6) is -6.16. The molecule has 1 saturated heterocycles. The van der Waals surface area contributed by atoms with Crippen LogP contribution in [0.4, 0.5) is 33.5 Å². The summed E-state index contributed by atoms with van der Waals surface area (Å²) >= 11 is 0. The number of carbonyl (C=O) groups is 1. The van der Waals surface area contributed by atoms with Crippen molar-refractivity contribution in [3.63, 3.8) is 0 Å². The monoisotopic (exact) mass is 476 g/mol. The first-order valence-corrected chi connectivity index (χ1v) is 10.3. The summed E-state index contributed by atoms with van der Waals surface area (Å²) in [6.07, 6.45) is 3.41. The zero-order valence-electron chi connectivity index (χ0n) is 17.5. The van der Waals surface area contributed by atoms with Crippen LogP contribution in [0.2, 0.25) is 0 Å². The summed E-state index contributed by atoms with van der Waals surface area (Å²) in [5.41, 5.74) is 0.753. The fraction of sp³-hybridized carbons (Fsp3) is 0.227. The van der Waals surface area contributed by atoms with Gasteiger partial charge in [-0.1, -0.05) is 0 Å². The Bertz CT molecular complexity index is 1390. The molecule has 2 N–H and O–H groups in total. The zero-order chi connectivity index (χ0) is 24.0. The molecule has 5 rings (SSSR count). The SMILES string of the molecule is O=C(Nc1c[nH]c2cc(F)c(F)cc12)c1ccn(-c2cnc(N3CCC(F)(F)CC3)c(F)c2)n1. The molecule has 1 aromatic carbocycles. The molecular weight excluding hydrogens is 459 g/mol. The number of hydrogen-bond donors (Lipinski definition) is 2. The summed E-state index contributed by atoms with van der Waals surface area (Å²) in [6.45, 7) is -0.0144. The van der Waals surface area contributed by atoms with Gasteiger partial charge in [0, 0.05) is 55.8 Å². The Balaban J connectivity index is 1.32. The van der Waals surface area contributed by atoms with Gasteiger partial charge in [-0.2, -0.15) is 5.10 Å². The van der Waals surface area contributed by atoms with Crippen LogP contribution in [0.15, 0.2) is 42.9 Å². The number of alkyl halides is 2. The smallest absolute Gasteiger partial charge is 0.276 e. The summed E-state index contributed by atoms with van der Waals surface area (Å²) in [6, 6.07) is 4.49. The molecule has 1 amide bonds. The molecule has 0 unspecified atom stereocenters. The van der Waals surface area contributed by atoms with Gasteiger partial charge in [-0.25, -0.2) is 31.6 Å². The Kier molecular flexibility index (Phi) is 5.22. The predicted molar refractivity (Wildman–Crippen MR) is 114 cm³/mol. The van der Waals surface area contributed by atoms with Crippen LogP contribution in [0.1, 0.15) is 23.3 Å². The van der Waals surface area contributed by atoms with Crippen LogP contribution in [0, 0.1) is 17.5 Å². The maximum Gasteiger partial charge on any atom is 0.276 e. The van der Waals surface area contributed by atoms with Crippen molar-refractivity contribution >= 4 is 28.3 Å². The van der Waals surface area contributed by atoms with E-state index in [1.807, 2.05) is 0 Å². The van der Waals surface area contributed by atoms with Crippen LogP contribution in [0.25, 0.3) is 16.6 Å². The molecule has 1 aliphatic rings. The molecule has 0 saturated carbocycles. The number of nitrogens with zero attached hydrogens (tertiary/aromatic N) is 4. The van der Waals surface area contributed by atoms with Gasteiger partial charge >= 0.3 is 0 Å². The lowest BCUT2D eigenvalue weighted by atomic mass is 10.1. The third-order valence-corrected chi connectivity index (χ3v) is 5.66. The van der Waals surface area contributed by atoms with Crippen molar-refractivity contribution in [3.05, 3.63) is 66.0 Å². The van der Waals surface area contributed by atoms with Gasteiger partial charge in [-0.05, 0) is 12.1 Å². The molecular formula is C22H17F5N6O. The van der Waals surface area contributed by atoms with Gasteiger partial charge < -0.3 is 15.2 Å². The van der Waals surface area contributed by atoms with Gasteiger partial charge in [0.05, 0.1) is 23.1 Å². The largest absolute Gasteiger partial charge is 0.359 e. The number of nitrogens with one attached hydrogen (secondary N) is 2. The molecule has 0 atom stereocenters. The molecule has 1 aliphatic heterocycles. The molecule has 34 heavy (non-hydrogen) atoms. The highest BCUT2D eigenvalue weighted by Crippen LogP contribution is 2.31. The Morgan fingerprint density at radius 3 is 2.53 bits per heavy atom. The number of amides is 1. The third-order valence-electron chi connectivity index (χ3n) is 5.66. The Labute approximate surface area is 189 Å². The number of anilines is 2. The summed E-state index contributed by atoms with van der Waals surface area (Å²) in [5, 5.41) is 6.97. The van der Waals surface area contributed by atoms with E-state index in [2.05, 4.69) is 20.4 Å². The van der Waals surface area contributed by atoms with Crippen LogP contribution in [0.3, 0.4) is 0 Å². The third kappa shape index (κ3) is 4.06. The van der Waals surface area contributed by atoms with E-state index in [9.17, 15) is 26.7 Å². The second-order valence-electron chi connectivity index (χ2n) is 7.96. The van der Waals surface area contributed by atoms with E-state index in [0.717, 1.165) is 18.2 Å². The summed E-state index contributed by atoms with van der Waals surface area (Å²) in [7, 11) is 0. The van der Waals surface area contributed by atoms with Crippen molar-refractivity contribution in [2.75, 3.05) is 23.3 Å². The van der Waals surface area contributed by atoms with Crippen molar-refractivity contribution in [1.29, 1.82) is 0 Å². The molecule has 12 heteroatoms. The van der Waals surface area contributed by atoms with Crippen molar-refractivity contribution in [2.24, 2.45) is 0 Å². The number of aromatic amines is 1. The molecule has 0 bridgehead atoms.